The number of carbonyl (C=O) groups excluding carboxylic acids is 3. The van der Waals surface area contributed by atoms with Crippen LogP contribution in [0, 0.1) is 6.92 Å². The van der Waals surface area contributed by atoms with E-state index in [0.717, 1.165) is 6.07 Å². The Morgan fingerprint density at radius 2 is 1.41 bits per heavy atom. The van der Waals surface area contributed by atoms with Gasteiger partial charge < -0.3 is 24.4 Å². The molecule has 0 amide bonds. The largest absolute Gasteiger partial charge is 0.508 e. The minimum Gasteiger partial charge on any atom is -0.508 e. The fraction of sp³-hybridized carbons (Fsp3) is 0.233. The van der Waals surface area contributed by atoms with Crippen LogP contribution >= 0.6 is 11.6 Å². The number of hydrogen-bond acceptors (Lipinski definition) is 8. The third kappa shape index (κ3) is 3.55. The second-order valence-corrected chi connectivity index (χ2v) is 10.3. The number of allylic oxidation sites excluding steroid dienone is 2. The van der Waals surface area contributed by atoms with E-state index in [1.807, 2.05) is 0 Å². The molecule has 0 bridgehead atoms. The highest BCUT2D eigenvalue weighted by Crippen LogP contribution is 2.52. The van der Waals surface area contributed by atoms with Crippen molar-refractivity contribution < 1.29 is 38.8 Å². The van der Waals surface area contributed by atoms with Gasteiger partial charge in [0, 0.05) is 39.3 Å². The molecule has 0 fully saturated rings. The van der Waals surface area contributed by atoms with Crippen LogP contribution in [0.5, 0.6) is 28.7 Å². The average molecular weight is 549 g/mol. The summed E-state index contributed by atoms with van der Waals surface area (Å²) in [7, 11) is 4.32. The molecule has 2 aliphatic carbocycles. The number of carbonyl (C=O) groups is 3. The second kappa shape index (κ2) is 8.88. The molecular formula is C30H25ClO8. The lowest BCUT2D eigenvalue weighted by Crippen LogP contribution is -2.40. The van der Waals surface area contributed by atoms with Crippen LogP contribution in [0.4, 0.5) is 0 Å². The summed E-state index contributed by atoms with van der Waals surface area (Å²) < 4.78 is 16.5. The van der Waals surface area contributed by atoms with Gasteiger partial charge in [-0.1, -0.05) is 25.4 Å². The van der Waals surface area contributed by atoms with Crippen LogP contribution in [-0.4, -0.2) is 48.9 Å². The van der Waals surface area contributed by atoms with E-state index in [1.54, 1.807) is 32.9 Å². The third-order valence-electron chi connectivity index (χ3n) is 7.46. The first-order valence-corrected chi connectivity index (χ1v) is 12.4. The normalized spacial score (nSPS) is 15.5. The van der Waals surface area contributed by atoms with Gasteiger partial charge in [0.1, 0.15) is 33.8 Å². The van der Waals surface area contributed by atoms with Crippen molar-refractivity contribution in [1.29, 1.82) is 0 Å². The highest BCUT2D eigenvalue weighted by atomic mass is 35.5. The molecule has 8 nitrogen and oxygen atoms in total. The van der Waals surface area contributed by atoms with Crippen LogP contribution in [0.15, 0.2) is 41.5 Å². The van der Waals surface area contributed by atoms with Crippen LogP contribution in [0.1, 0.15) is 56.0 Å². The molecule has 0 spiro atoms. The number of phenols is 2. The molecule has 0 atom stereocenters. The van der Waals surface area contributed by atoms with Crippen molar-refractivity contribution in [1.82, 2.24) is 0 Å². The number of ketones is 3. The highest BCUT2D eigenvalue weighted by molar-refractivity contribution is 6.42. The zero-order chi connectivity index (χ0) is 28.5. The number of ether oxygens (including phenoxy) is 3. The van der Waals surface area contributed by atoms with E-state index in [4.69, 9.17) is 25.8 Å². The van der Waals surface area contributed by atoms with Crippen LogP contribution in [0.25, 0.3) is 11.1 Å². The average Bonchev–Trinajstić information content (AvgIpc) is 2.89. The predicted molar refractivity (Wildman–Crippen MR) is 144 cm³/mol. The molecule has 200 valence electrons. The molecule has 2 aliphatic rings. The van der Waals surface area contributed by atoms with E-state index in [2.05, 4.69) is 0 Å². The lowest BCUT2D eigenvalue weighted by Gasteiger charge is -2.38. The zero-order valence-corrected chi connectivity index (χ0v) is 22.9. The number of hydrogen-bond donors (Lipinski definition) is 2. The quantitative estimate of drug-likeness (QED) is 0.404. The maximum absolute atomic E-state index is 14.3. The van der Waals surface area contributed by atoms with E-state index < -0.39 is 28.5 Å². The molecule has 0 aliphatic heterocycles. The maximum Gasteiger partial charge on any atom is 0.201 e. The summed E-state index contributed by atoms with van der Waals surface area (Å²) in [4.78, 5) is 42.2. The Labute approximate surface area is 229 Å². The summed E-state index contributed by atoms with van der Waals surface area (Å²) in [5.41, 5.74) is -0.0148. The van der Waals surface area contributed by atoms with Crippen molar-refractivity contribution >= 4 is 29.0 Å². The standard InChI is InChI=1S/C30H25ClO8/c1-12-7-19(38-5)25(31)29(39-6)20(12)15-10-14(37-4)11-16-21(15)27(35)23-24(26(16)34)30(2,3)17-8-13(32)9-18(33)22(17)28(23)36/h7-11,32-33H,1-6H3. The zero-order valence-electron chi connectivity index (χ0n) is 22.1. The molecular weight excluding hydrogens is 524 g/mol. The molecule has 3 aromatic carbocycles. The Kier molecular flexibility index (Phi) is 5.99. The smallest absolute Gasteiger partial charge is 0.201 e. The fourth-order valence-corrected chi connectivity index (χ4v) is 5.97. The van der Waals surface area contributed by atoms with Crippen LogP contribution in [-0.2, 0) is 5.41 Å². The van der Waals surface area contributed by atoms with Crippen LogP contribution in [0.3, 0.4) is 0 Å². The number of methoxy groups -OCH3 is 3. The summed E-state index contributed by atoms with van der Waals surface area (Å²) in [5.74, 6) is -1.87. The number of halogens is 1. The fourth-order valence-electron chi connectivity index (χ4n) is 5.67. The maximum atomic E-state index is 14.3. The number of benzene rings is 3. The summed E-state index contributed by atoms with van der Waals surface area (Å²) in [6.45, 7) is 5.11. The molecule has 9 heteroatoms. The Bertz CT molecular complexity index is 1680. The number of phenolic OH excluding ortho intramolecular Hbond substituents is 2. The van der Waals surface area contributed by atoms with E-state index in [1.165, 1.54) is 33.5 Å². The first-order chi connectivity index (χ1) is 18.4. The minimum atomic E-state index is -1.19. The van der Waals surface area contributed by atoms with Crippen molar-refractivity contribution in [3.8, 4) is 39.9 Å². The van der Waals surface area contributed by atoms with Gasteiger partial charge in [-0.3, -0.25) is 14.4 Å². The second-order valence-electron chi connectivity index (χ2n) is 9.97. The summed E-state index contributed by atoms with van der Waals surface area (Å²) in [6, 6.07) is 7.10. The van der Waals surface area contributed by atoms with Crippen molar-refractivity contribution in [2.24, 2.45) is 0 Å². The van der Waals surface area contributed by atoms with E-state index in [9.17, 15) is 24.6 Å². The molecule has 2 N–H and O–H groups in total. The van der Waals surface area contributed by atoms with Crippen molar-refractivity contribution in [2.75, 3.05) is 21.3 Å². The van der Waals surface area contributed by atoms with Gasteiger partial charge in [0.05, 0.1) is 32.5 Å². The van der Waals surface area contributed by atoms with E-state index in [0.29, 0.717) is 28.2 Å². The molecule has 0 unspecified atom stereocenters. The van der Waals surface area contributed by atoms with Gasteiger partial charge in [-0.2, -0.15) is 0 Å². The Hall–Kier alpha value is -4.30. The summed E-state index contributed by atoms with van der Waals surface area (Å²) in [6.07, 6.45) is 0. The lowest BCUT2D eigenvalue weighted by molar-refractivity contribution is 0.0909. The molecule has 5 rings (SSSR count). The van der Waals surface area contributed by atoms with Crippen molar-refractivity contribution in [2.45, 2.75) is 26.2 Å². The van der Waals surface area contributed by atoms with E-state index >= 15 is 0 Å². The Morgan fingerprint density at radius 1 is 0.769 bits per heavy atom. The molecule has 0 saturated heterocycles. The number of fused-ring (bicyclic) bond motifs is 2. The first kappa shape index (κ1) is 26.3. The Balaban J connectivity index is 1.87. The number of Topliss-reactive ketones (excluding diaryl/α,β-unsaturated/α-hetero) is 3. The van der Waals surface area contributed by atoms with Gasteiger partial charge >= 0.3 is 0 Å². The topological polar surface area (TPSA) is 119 Å². The van der Waals surface area contributed by atoms with Gasteiger partial charge in [-0.25, -0.2) is 0 Å². The number of rotatable bonds is 4. The molecule has 0 saturated carbocycles. The molecule has 3 aromatic rings. The number of aromatic hydroxyl groups is 2. The SMILES string of the molecule is COc1cc2c(c(-c3c(C)cc(OC)c(Cl)c3OC)c1)C(=O)C1=C(C2=O)C(C)(C)c2cc(O)cc(O)c2C1=O. The lowest BCUT2D eigenvalue weighted by atomic mass is 9.62. The summed E-state index contributed by atoms with van der Waals surface area (Å²) in [5, 5.41) is 20.9. The van der Waals surface area contributed by atoms with E-state index in [-0.39, 0.29) is 49.9 Å². The third-order valence-corrected chi connectivity index (χ3v) is 7.81. The highest BCUT2D eigenvalue weighted by Gasteiger charge is 2.50. The monoisotopic (exact) mass is 548 g/mol. The number of aryl methyl sites for hydroxylation is 1. The van der Waals surface area contributed by atoms with Gasteiger partial charge in [0.15, 0.2) is 11.6 Å². The van der Waals surface area contributed by atoms with Gasteiger partial charge in [-0.05, 0) is 42.3 Å². The minimum absolute atomic E-state index is 0.00643. The Morgan fingerprint density at radius 3 is 2.03 bits per heavy atom. The molecule has 0 radical (unpaired) electrons. The molecule has 0 aromatic heterocycles. The van der Waals surface area contributed by atoms with Crippen LogP contribution < -0.4 is 14.2 Å². The van der Waals surface area contributed by atoms with Gasteiger partial charge in [0.2, 0.25) is 5.78 Å². The van der Waals surface area contributed by atoms with Gasteiger partial charge in [-0.15, -0.1) is 0 Å². The summed E-state index contributed by atoms with van der Waals surface area (Å²) >= 11 is 6.57. The van der Waals surface area contributed by atoms with Crippen molar-refractivity contribution in [3.63, 3.8) is 0 Å². The first-order valence-electron chi connectivity index (χ1n) is 12.0. The van der Waals surface area contributed by atoms with Crippen LogP contribution in [0.2, 0.25) is 5.02 Å². The van der Waals surface area contributed by atoms with Crippen molar-refractivity contribution in [3.05, 3.63) is 74.3 Å². The molecule has 39 heavy (non-hydrogen) atoms. The van der Waals surface area contributed by atoms with Gasteiger partial charge in [0.25, 0.3) is 0 Å². The predicted octanol–water partition coefficient (Wildman–Crippen LogP) is 5.60. The molecule has 0 heterocycles.